The molecule has 3 heteroatoms. The van der Waals surface area contributed by atoms with E-state index in [4.69, 9.17) is 4.74 Å². The minimum absolute atomic E-state index is 0.0569. The van der Waals surface area contributed by atoms with E-state index in [-0.39, 0.29) is 11.8 Å². The van der Waals surface area contributed by atoms with Crippen LogP contribution < -0.4 is 10.1 Å². The van der Waals surface area contributed by atoms with Crippen molar-refractivity contribution in [3.63, 3.8) is 0 Å². The first-order valence-corrected chi connectivity index (χ1v) is 8.16. The molecule has 3 nitrogen and oxygen atoms in total. The molecule has 0 unspecified atom stereocenters. The molecule has 2 atom stereocenters. The highest BCUT2D eigenvalue weighted by molar-refractivity contribution is 5.81. The number of carbonyl (C=O) groups excluding carboxylic acids is 1. The summed E-state index contributed by atoms with van der Waals surface area (Å²) < 4.78 is 5.88. The van der Waals surface area contributed by atoms with Crippen LogP contribution in [-0.2, 0) is 4.79 Å². The first-order chi connectivity index (χ1) is 11.1. The Balaban J connectivity index is 1.91. The Hall–Kier alpha value is -2.29. The Morgan fingerprint density at radius 1 is 1.09 bits per heavy atom. The topological polar surface area (TPSA) is 38.3 Å². The second kappa shape index (κ2) is 8.37. The van der Waals surface area contributed by atoms with Crippen LogP contribution in [0.2, 0.25) is 0 Å². The summed E-state index contributed by atoms with van der Waals surface area (Å²) in [6.45, 7) is 6.66. The summed E-state index contributed by atoms with van der Waals surface area (Å²) in [5, 5.41) is 3.01. The van der Waals surface area contributed by atoms with Crippen molar-refractivity contribution in [2.24, 2.45) is 0 Å². The van der Waals surface area contributed by atoms with Gasteiger partial charge in [0.1, 0.15) is 5.75 Å². The molecule has 23 heavy (non-hydrogen) atoms. The third-order valence-corrected chi connectivity index (χ3v) is 3.98. The zero-order chi connectivity index (χ0) is 16.7. The van der Waals surface area contributed by atoms with E-state index in [9.17, 15) is 4.79 Å². The molecule has 122 valence electrons. The predicted molar refractivity (Wildman–Crippen MR) is 93.8 cm³/mol. The molecule has 2 aromatic carbocycles. The van der Waals surface area contributed by atoms with Crippen LogP contribution in [0, 0.1) is 6.92 Å². The lowest BCUT2D eigenvalue weighted by molar-refractivity contribution is -0.128. The summed E-state index contributed by atoms with van der Waals surface area (Å²) in [6, 6.07) is 18.0. The molecule has 1 N–H and O–H groups in total. The molecule has 0 aliphatic heterocycles. The molecule has 2 rings (SSSR count). The number of benzene rings is 2. The van der Waals surface area contributed by atoms with Gasteiger partial charge in [-0.2, -0.15) is 0 Å². The van der Waals surface area contributed by atoms with E-state index in [1.807, 2.05) is 56.3 Å². The van der Waals surface area contributed by atoms with Gasteiger partial charge in [-0.05, 0) is 36.5 Å². The van der Waals surface area contributed by atoms with Gasteiger partial charge in [0.25, 0.3) is 5.91 Å². The average molecular weight is 311 g/mol. The Labute approximate surface area is 138 Å². The van der Waals surface area contributed by atoms with Gasteiger partial charge in [0, 0.05) is 6.54 Å². The van der Waals surface area contributed by atoms with E-state index in [1.54, 1.807) is 0 Å². The van der Waals surface area contributed by atoms with Crippen molar-refractivity contribution in [2.75, 3.05) is 6.54 Å². The first kappa shape index (κ1) is 17.1. The smallest absolute Gasteiger partial charge is 0.261 e. The van der Waals surface area contributed by atoms with Crippen LogP contribution in [0.3, 0.4) is 0 Å². The maximum atomic E-state index is 12.4. The summed E-state index contributed by atoms with van der Waals surface area (Å²) in [4.78, 5) is 12.4. The van der Waals surface area contributed by atoms with E-state index >= 15 is 0 Å². The quantitative estimate of drug-likeness (QED) is 0.837. The van der Waals surface area contributed by atoms with Crippen LogP contribution >= 0.6 is 0 Å². The molecule has 0 bridgehead atoms. The fourth-order valence-corrected chi connectivity index (χ4v) is 2.43. The summed E-state index contributed by atoms with van der Waals surface area (Å²) in [5.74, 6) is 0.986. The summed E-state index contributed by atoms with van der Waals surface area (Å²) >= 11 is 0. The highest BCUT2D eigenvalue weighted by atomic mass is 16.5. The van der Waals surface area contributed by atoms with E-state index in [0.29, 0.717) is 13.0 Å². The monoisotopic (exact) mass is 311 g/mol. The summed E-state index contributed by atoms with van der Waals surface area (Å²) in [7, 11) is 0. The van der Waals surface area contributed by atoms with Crippen LogP contribution in [0.15, 0.2) is 54.6 Å². The number of carbonyl (C=O) groups is 1. The third-order valence-electron chi connectivity index (χ3n) is 3.98. The number of aryl methyl sites for hydroxylation is 1. The predicted octanol–water partition coefficient (Wildman–Crippen LogP) is 4.07. The zero-order valence-corrected chi connectivity index (χ0v) is 14.1. The molecule has 0 aliphatic carbocycles. The first-order valence-electron chi connectivity index (χ1n) is 8.16. The number of rotatable bonds is 7. The Kier molecular flexibility index (Phi) is 6.21. The van der Waals surface area contributed by atoms with Crippen LogP contribution in [0.25, 0.3) is 0 Å². The molecule has 0 aliphatic rings. The molecule has 0 saturated heterocycles. The van der Waals surface area contributed by atoms with Gasteiger partial charge in [-0.15, -0.1) is 0 Å². The highest BCUT2D eigenvalue weighted by Crippen LogP contribution is 2.19. The van der Waals surface area contributed by atoms with Gasteiger partial charge < -0.3 is 10.1 Å². The number of ether oxygens (including phenoxy) is 1. The molecular weight excluding hydrogens is 286 g/mol. The molecule has 0 saturated carbocycles. The van der Waals surface area contributed by atoms with Gasteiger partial charge in [0.05, 0.1) is 0 Å². The Morgan fingerprint density at radius 2 is 1.74 bits per heavy atom. The largest absolute Gasteiger partial charge is 0.480 e. The van der Waals surface area contributed by atoms with Gasteiger partial charge in [0.2, 0.25) is 0 Å². The minimum atomic E-state index is -0.459. The fraction of sp³-hybridized carbons (Fsp3) is 0.350. The van der Waals surface area contributed by atoms with Crippen LogP contribution in [0.4, 0.5) is 0 Å². The van der Waals surface area contributed by atoms with Crippen molar-refractivity contribution in [3.8, 4) is 5.75 Å². The number of hydrogen-bond donors (Lipinski definition) is 1. The van der Waals surface area contributed by atoms with E-state index in [0.717, 1.165) is 11.3 Å². The lowest BCUT2D eigenvalue weighted by Gasteiger charge is -2.20. The lowest BCUT2D eigenvalue weighted by atomic mass is 10.0. The standard InChI is InChI=1S/C20H25NO2/c1-4-18(23-19-13-9-8-10-15(19)2)20(22)21-14-16(3)17-11-6-5-7-12-17/h5-13,16,18H,4,14H2,1-3H3,(H,21,22)/t16-,18+/m0/s1. The number of para-hydroxylation sites is 1. The lowest BCUT2D eigenvalue weighted by Crippen LogP contribution is -2.39. The number of hydrogen-bond acceptors (Lipinski definition) is 2. The third kappa shape index (κ3) is 4.85. The van der Waals surface area contributed by atoms with Crippen molar-refractivity contribution < 1.29 is 9.53 Å². The minimum Gasteiger partial charge on any atom is -0.480 e. The molecule has 0 heterocycles. The molecule has 0 fully saturated rings. The maximum absolute atomic E-state index is 12.4. The Morgan fingerprint density at radius 3 is 2.39 bits per heavy atom. The number of nitrogens with one attached hydrogen (secondary N) is 1. The summed E-state index contributed by atoms with van der Waals surface area (Å²) in [5.41, 5.74) is 2.26. The molecule has 2 aromatic rings. The van der Waals surface area contributed by atoms with Crippen LogP contribution in [-0.4, -0.2) is 18.6 Å². The van der Waals surface area contributed by atoms with Crippen LogP contribution in [0.5, 0.6) is 5.75 Å². The maximum Gasteiger partial charge on any atom is 0.261 e. The van der Waals surface area contributed by atoms with Gasteiger partial charge in [-0.25, -0.2) is 0 Å². The zero-order valence-electron chi connectivity index (χ0n) is 14.1. The molecule has 0 radical (unpaired) electrons. The normalized spacial score (nSPS) is 13.2. The second-order valence-corrected chi connectivity index (χ2v) is 5.84. The second-order valence-electron chi connectivity index (χ2n) is 5.84. The van der Waals surface area contributed by atoms with Gasteiger partial charge in [-0.3, -0.25) is 4.79 Å². The molecule has 1 amide bonds. The van der Waals surface area contributed by atoms with Crippen molar-refractivity contribution >= 4 is 5.91 Å². The van der Waals surface area contributed by atoms with Gasteiger partial charge >= 0.3 is 0 Å². The Bertz CT molecular complexity index is 625. The average Bonchev–Trinajstić information content (AvgIpc) is 2.59. The summed E-state index contributed by atoms with van der Waals surface area (Å²) in [6.07, 6.45) is 0.180. The number of amides is 1. The highest BCUT2D eigenvalue weighted by Gasteiger charge is 2.19. The molecule has 0 aromatic heterocycles. The van der Waals surface area contributed by atoms with Crippen molar-refractivity contribution in [1.82, 2.24) is 5.32 Å². The van der Waals surface area contributed by atoms with Crippen molar-refractivity contribution in [2.45, 2.75) is 39.2 Å². The van der Waals surface area contributed by atoms with E-state index < -0.39 is 6.10 Å². The fourth-order valence-electron chi connectivity index (χ4n) is 2.43. The van der Waals surface area contributed by atoms with Gasteiger partial charge in [-0.1, -0.05) is 62.4 Å². The SMILES string of the molecule is CC[C@@H](Oc1ccccc1C)C(=O)NC[C@H](C)c1ccccc1. The van der Waals surface area contributed by atoms with Crippen LogP contribution in [0.1, 0.15) is 37.3 Å². The van der Waals surface area contributed by atoms with Crippen molar-refractivity contribution in [1.29, 1.82) is 0 Å². The van der Waals surface area contributed by atoms with E-state index in [2.05, 4.69) is 24.4 Å². The van der Waals surface area contributed by atoms with Crippen molar-refractivity contribution in [3.05, 3.63) is 65.7 Å². The molecule has 0 spiro atoms. The van der Waals surface area contributed by atoms with Gasteiger partial charge in [0.15, 0.2) is 6.10 Å². The molecular formula is C20H25NO2. The van der Waals surface area contributed by atoms with E-state index in [1.165, 1.54) is 5.56 Å².